The van der Waals surface area contributed by atoms with Crippen molar-refractivity contribution >= 4 is 5.91 Å². The Morgan fingerprint density at radius 3 is 2.52 bits per heavy atom. The van der Waals surface area contributed by atoms with Gasteiger partial charge in [0.15, 0.2) is 5.69 Å². The van der Waals surface area contributed by atoms with Gasteiger partial charge < -0.3 is 10.4 Å². The number of halogens is 3. The van der Waals surface area contributed by atoms with Crippen LogP contribution in [0.2, 0.25) is 0 Å². The number of aromatic nitrogens is 2. The van der Waals surface area contributed by atoms with E-state index in [0.29, 0.717) is 25.2 Å². The van der Waals surface area contributed by atoms with Crippen LogP contribution < -0.4 is 5.32 Å². The van der Waals surface area contributed by atoms with Crippen LogP contribution in [0.1, 0.15) is 74.5 Å². The van der Waals surface area contributed by atoms with Crippen molar-refractivity contribution in [1.29, 1.82) is 0 Å². The molecule has 5 nitrogen and oxygen atoms in total. The summed E-state index contributed by atoms with van der Waals surface area (Å²) in [7, 11) is 0. The molecule has 4 saturated carbocycles. The summed E-state index contributed by atoms with van der Waals surface area (Å²) in [6.45, 7) is 3.44. The zero-order valence-corrected chi connectivity index (χ0v) is 15.6. The normalized spacial score (nSPS) is 36.1. The van der Waals surface area contributed by atoms with E-state index in [-0.39, 0.29) is 17.9 Å². The Bertz CT molecular complexity index is 729. The maximum atomic E-state index is 13.6. The first-order chi connectivity index (χ1) is 12.6. The second kappa shape index (κ2) is 6.22. The first-order valence-corrected chi connectivity index (χ1v) is 9.79. The van der Waals surface area contributed by atoms with Crippen molar-refractivity contribution in [3.8, 4) is 0 Å². The molecule has 2 N–H and O–H groups in total. The lowest BCUT2D eigenvalue weighted by Gasteiger charge is -2.58. The number of alkyl halides is 3. The van der Waals surface area contributed by atoms with E-state index < -0.39 is 35.0 Å². The van der Waals surface area contributed by atoms with Crippen LogP contribution in [-0.4, -0.2) is 32.4 Å². The molecule has 3 atom stereocenters. The number of amides is 1. The second-order valence-electron chi connectivity index (χ2n) is 8.80. The number of nitrogens with one attached hydrogen (secondary N) is 1. The number of carbonyl (C=O) groups is 1. The van der Waals surface area contributed by atoms with E-state index in [1.807, 2.05) is 0 Å². The Morgan fingerprint density at radius 2 is 2.00 bits per heavy atom. The number of hydrogen-bond acceptors (Lipinski definition) is 3. The Hall–Kier alpha value is -1.57. The van der Waals surface area contributed by atoms with Crippen molar-refractivity contribution in [2.45, 2.75) is 76.2 Å². The van der Waals surface area contributed by atoms with Crippen molar-refractivity contribution < 1.29 is 23.1 Å². The van der Waals surface area contributed by atoms with Crippen LogP contribution >= 0.6 is 0 Å². The Morgan fingerprint density at radius 1 is 1.37 bits per heavy atom. The minimum absolute atomic E-state index is 0.143. The molecule has 0 spiro atoms. The molecule has 4 bridgehead atoms. The maximum absolute atomic E-state index is 13.6. The third-order valence-electron chi connectivity index (χ3n) is 6.86. The van der Waals surface area contributed by atoms with Gasteiger partial charge in [-0.2, -0.15) is 18.3 Å². The summed E-state index contributed by atoms with van der Waals surface area (Å²) in [6.07, 6.45) is 0.815. The molecule has 4 aliphatic carbocycles. The maximum Gasteiger partial charge on any atom is 0.433 e. The molecular weight excluding hydrogens is 359 g/mol. The molecule has 4 fully saturated rings. The average Bonchev–Trinajstić information content (AvgIpc) is 3.01. The lowest BCUT2D eigenvalue weighted by atomic mass is 9.52. The molecule has 3 unspecified atom stereocenters. The number of nitrogens with zero attached hydrogens (tertiary/aromatic N) is 2. The van der Waals surface area contributed by atoms with Crippen molar-refractivity contribution in [1.82, 2.24) is 15.1 Å². The van der Waals surface area contributed by atoms with Crippen LogP contribution in [0.4, 0.5) is 13.2 Å². The molecule has 27 heavy (non-hydrogen) atoms. The summed E-state index contributed by atoms with van der Waals surface area (Å²) in [4.78, 5) is 12.8. The predicted molar refractivity (Wildman–Crippen MR) is 92.0 cm³/mol. The SMILES string of the molecule is CCC(C)n1ncc(C(=O)NC2C3CC4CC2CC(O)(C4)C3)c1C(F)(F)F. The third kappa shape index (κ3) is 3.15. The second-order valence-corrected chi connectivity index (χ2v) is 8.80. The van der Waals surface area contributed by atoms with Crippen molar-refractivity contribution in [2.24, 2.45) is 17.8 Å². The largest absolute Gasteiger partial charge is 0.433 e. The zero-order chi connectivity index (χ0) is 19.6. The average molecular weight is 385 g/mol. The number of aliphatic hydroxyl groups is 1. The van der Waals surface area contributed by atoms with Gasteiger partial charge in [0.2, 0.25) is 0 Å². The standard InChI is InChI=1S/C19H26F3N3O2/c1-3-10(2)25-16(19(20,21)22)14(9-23-25)17(26)24-15-12-4-11-5-13(15)8-18(27,6-11)7-12/h9-13,15,27H,3-8H2,1-2H3,(H,24,26). The van der Waals surface area contributed by atoms with E-state index in [9.17, 15) is 23.1 Å². The van der Waals surface area contributed by atoms with E-state index in [2.05, 4.69) is 10.4 Å². The van der Waals surface area contributed by atoms with E-state index in [1.165, 1.54) is 0 Å². The lowest BCUT2D eigenvalue weighted by Crippen LogP contribution is -2.61. The fourth-order valence-electron chi connectivity index (χ4n) is 5.76. The number of hydrogen-bond donors (Lipinski definition) is 2. The quantitative estimate of drug-likeness (QED) is 0.833. The lowest BCUT2D eigenvalue weighted by molar-refractivity contribution is -0.145. The molecule has 5 rings (SSSR count). The topological polar surface area (TPSA) is 67.2 Å². The monoisotopic (exact) mass is 385 g/mol. The van der Waals surface area contributed by atoms with E-state index >= 15 is 0 Å². The van der Waals surface area contributed by atoms with Crippen LogP contribution in [0.3, 0.4) is 0 Å². The summed E-state index contributed by atoms with van der Waals surface area (Å²) >= 11 is 0. The van der Waals surface area contributed by atoms with Crippen molar-refractivity contribution in [2.75, 3.05) is 0 Å². The smallest absolute Gasteiger partial charge is 0.390 e. The highest BCUT2D eigenvalue weighted by Gasteiger charge is 2.55. The molecule has 1 aromatic rings. The molecule has 0 aromatic carbocycles. The van der Waals surface area contributed by atoms with Crippen molar-refractivity contribution in [3.63, 3.8) is 0 Å². The molecule has 0 saturated heterocycles. The van der Waals surface area contributed by atoms with Crippen LogP contribution in [0.5, 0.6) is 0 Å². The molecular formula is C19H26F3N3O2. The zero-order valence-electron chi connectivity index (χ0n) is 15.6. The Labute approximate surface area is 156 Å². The summed E-state index contributed by atoms with van der Waals surface area (Å²) in [5, 5.41) is 17.4. The molecule has 4 aliphatic rings. The molecule has 1 heterocycles. The van der Waals surface area contributed by atoms with Gasteiger partial charge in [0.25, 0.3) is 5.91 Å². The minimum atomic E-state index is -4.65. The number of rotatable bonds is 4. The van der Waals surface area contributed by atoms with E-state index in [4.69, 9.17) is 0 Å². The molecule has 8 heteroatoms. The van der Waals surface area contributed by atoms with Gasteiger partial charge in [-0.05, 0) is 63.2 Å². The van der Waals surface area contributed by atoms with Crippen LogP contribution in [0, 0.1) is 17.8 Å². The highest BCUT2D eigenvalue weighted by molar-refractivity contribution is 5.95. The fourth-order valence-corrected chi connectivity index (χ4v) is 5.76. The van der Waals surface area contributed by atoms with E-state index in [1.54, 1.807) is 13.8 Å². The first-order valence-electron chi connectivity index (χ1n) is 9.79. The molecule has 150 valence electrons. The van der Waals surface area contributed by atoms with E-state index in [0.717, 1.165) is 30.1 Å². The Balaban J connectivity index is 1.58. The summed E-state index contributed by atoms with van der Waals surface area (Å²) in [5.41, 5.74) is -2.02. The van der Waals surface area contributed by atoms with Gasteiger partial charge in [-0.25, -0.2) is 0 Å². The molecule has 1 amide bonds. The van der Waals surface area contributed by atoms with Gasteiger partial charge in [0, 0.05) is 12.1 Å². The molecule has 0 radical (unpaired) electrons. The predicted octanol–water partition coefficient (Wildman–Crippen LogP) is 3.54. The van der Waals surface area contributed by atoms with Crippen LogP contribution in [0.15, 0.2) is 6.20 Å². The van der Waals surface area contributed by atoms with Crippen LogP contribution in [0.25, 0.3) is 0 Å². The highest BCUT2D eigenvalue weighted by atomic mass is 19.4. The van der Waals surface area contributed by atoms with Gasteiger partial charge >= 0.3 is 6.18 Å². The molecule has 0 aliphatic heterocycles. The Kier molecular flexibility index (Phi) is 4.33. The fraction of sp³-hybridized carbons (Fsp3) is 0.789. The van der Waals surface area contributed by atoms with Gasteiger partial charge in [-0.3, -0.25) is 9.48 Å². The summed E-state index contributed by atoms with van der Waals surface area (Å²) < 4.78 is 41.8. The van der Waals surface area contributed by atoms with Crippen LogP contribution in [-0.2, 0) is 6.18 Å². The summed E-state index contributed by atoms with van der Waals surface area (Å²) in [5.74, 6) is 0.0502. The third-order valence-corrected chi connectivity index (χ3v) is 6.86. The van der Waals surface area contributed by atoms with Gasteiger partial charge in [0.05, 0.1) is 17.4 Å². The molecule has 1 aromatic heterocycles. The van der Waals surface area contributed by atoms with Gasteiger partial charge in [-0.1, -0.05) is 6.92 Å². The van der Waals surface area contributed by atoms with Gasteiger partial charge in [0.1, 0.15) is 0 Å². The number of carbonyl (C=O) groups excluding carboxylic acids is 1. The van der Waals surface area contributed by atoms with Gasteiger partial charge in [-0.15, -0.1) is 0 Å². The minimum Gasteiger partial charge on any atom is -0.390 e. The van der Waals surface area contributed by atoms with Crippen molar-refractivity contribution in [3.05, 3.63) is 17.5 Å². The summed E-state index contributed by atoms with van der Waals surface area (Å²) in [6, 6.07) is -0.610. The highest BCUT2D eigenvalue weighted by Crippen LogP contribution is 2.55. The first kappa shape index (κ1) is 18.8.